The highest BCUT2D eigenvalue weighted by atomic mass is 19.4. The molecule has 31 heavy (non-hydrogen) atoms. The summed E-state index contributed by atoms with van der Waals surface area (Å²) >= 11 is 0. The molecule has 1 aliphatic rings. The second kappa shape index (κ2) is 7.29. The van der Waals surface area contributed by atoms with Gasteiger partial charge in [0.15, 0.2) is 5.69 Å². The molecule has 0 amide bonds. The third-order valence-corrected chi connectivity index (χ3v) is 5.48. The van der Waals surface area contributed by atoms with Gasteiger partial charge in [-0.2, -0.15) is 28.6 Å². The zero-order valence-corrected chi connectivity index (χ0v) is 16.1. The molecule has 4 aromatic rings. The minimum Gasteiger partial charge on any atom is -0.336 e. The molecule has 158 valence electrons. The number of aromatic amines is 1. The SMILES string of the molecule is Fc1ccc2c(c1)CC[C@@H]2Cn1cnc(-c2cc(-c3n[nH]nc3C(F)(F)F)ccn2)c1. The van der Waals surface area contributed by atoms with Gasteiger partial charge >= 0.3 is 6.18 Å². The van der Waals surface area contributed by atoms with Crippen LogP contribution in [0, 0.1) is 5.82 Å². The fourth-order valence-corrected chi connectivity index (χ4v) is 4.06. The van der Waals surface area contributed by atoms with E-state index in [1.165, 1.54) is 24.4 Å². The van der Waals surface area contributed by atoms with Gasteiger partial charge in [0.25, 0.3) is 0 Å². The molecule has 0 aliphatic heterocycles. The second-order valence-electron chi connectivity index (χ2n) is 7.48. The lowest BCUT2D eigenvalue weighted by atomic mass is 10.0. The lowest BCUT2D eigenvalue weighted by Crippen LogP contribution is -2.07. The molecule has 5 rings (SSSR count). The largest absolute Gasteiger partial charge is 0.437 e. The van der Waals surface area contributed by atoms with Crippen LogP contribution in [0.15, 0.2) is 49.1 Å². The molecule has 10 heteroatoms. The van der Waals surface area contributed by atoms with Gasteiger partial charge in [0.05, 0.1) is 12.0 Å². The van der Waals surface area contributed by atoms with Crippen molar-refractivity contribution in [3.63, 3.8) is 0 Å². The van der Waals surface area contributed by atoms with Crippen molar-refractivity contribution in [1.29, 1.82) is 0 Å². The van der Waals surface area contributed by atoms with Crippen molar-refractivity contribution in [1.82, 2.24) is 29.9 Å². The Morgan fingerprint density at radius 3 is 2.77 bits per heavy atom. The number of halogens is 4. The van der Waals surface area contributed by atoms with E-state index in [2.05, 4.69) is 20.2 Å². The maximum atomic E-state index is 13.4. The van der Waals surface area contributed by atoms with Crippen LogP contribution in [0.25, 0.3) is 22.6 Å². The monoisotopic (exact) mass is 428 g/mol. The third kappa shape index (κ3) is 3.69. The molecule has 0 unspecified atom stereocenters. The van der Waals surface area contributed by atoms with Crippen LogP contribution in [0.5, 0.6) is 0 Å². The Labute approximate surface area is 174 Å². The highest BCUT2D eigenvalue weighted by Crippen LogP contribution is 2.36. The Bertz CT molecular complexity index is 1240. The number of imidazole rings is 1. The third-order valence-electron chi connectivity index (χ3n) is 5.48. The van der Waals surface area contributed by atoms with Gasteiger partial charge in [-0.1, -0.05) is 6.07 Å². The summed E-state index contributed by atoms with van der Waals surface area (Å²) in [4.78, 5) is 8.61. The molecular formula is C21H16F4N6. The average Bonchev–Trinajstić information content (AvgIpc) is 3.48. The molecule has 1 aromatic carbocycles. The van der Waals surface area contributed by atoms with Gasteiger partial charge in [0.1, 0.15) is 17.2 Å². The Morgan fingerprint density at radius 1 is 1.06 bits per heavy atom. The topological polar surface area (TPSA) is 72.3 Å². The summed E-state index contributed by atoms with van der Waals surface area (Å²) < 4.78 is 54.8. The molecule has 0 bridgehead atoms. The Hall–Kier alpha value is -3.56. The Morgan fingerprint density at radius 2 is 1.94 bits per heavy atom. The fourth-order valence-electron chi connectivity index (χ4n) is 4.06. The molecule has 0 saturated heterocycles. The number of hydrogen-bond acceptors (Lipinski definition) is 4. The summed E-state index contributed by atoms with van der Waals surface area (Å²) in [5.41, 5.74) is 2.03. The number of nitrogens with zero attached hydrogens (tertiary/aromatic N) is 5. The van der Waals surface area contributed by atoms with E-state index >= 15 is 0 Å². The molecule has 1 atom stereocenters. The van der Waals surface area contributed by atoms with Gasteiger partial charge in [-0.25, -0.2) is 9.37 Å². The molecule has 1 N–H and O–H groups in total. The Kier molecular flexibility index (Phi) is 4.57. The van der Waals surface area contributed by atoms with Gasteiger partial charge in [-0.05, 0) is 48.2 Å². The highest BCUT2D eigenvalue weighted by Gasteiger charge is 2.38. The van der Waals surface area contributed by atoms with Crippen molar-refractivity contribution in [3.8, 4) is 22.6 Å². The molecule has 0 saturated carbocycles. The molecular weight excluding hydrogens is 412 g/mol. The standard InChI is InChI=1S/C21H16F4N6/c22-15-3-4-16-12(7-15)1-2-14(16)9-31-10-18(27-11-31)17-8-13(5-6-26-17)19-20(21(23,24)25)29-30-28-19/h3-8,10-11,14H,1-2,9H2,(H,28,29,30)/t14-/m1/s1. The number of benzene rings is 1. The normalized spacial score (nSPS) is 15.9. The van der Waals surface area contributed by atoms with E-state index in [9.17, 15) is 17.6 Å². The number of H-pyrrole nitrogens is 1. The van der Waals surface area contributed by atoms with Crippen molar-refractivity contribution >= 4 is 0 Å². The number of nitrogens with one attached hydrogen (secondary N) is 1. The van der Waals surface area contributed by atoms with Crippen LogP contribution in [0.1, 0.15) is 29.2 Å². The second-order valence-corrected chi connectivity index (χ2v) is 7.48. The number of pyridine rings is 1. The van der Waals surface area contributed by atoms with Crippen LogP contribution in [0.2, 0.25) is 0 Å². The lowest BCUT2D eigenvalue weighted by molar-refractivity contribution is -0.140. The molecule has 1 aliphatic carbocycles. The quantitative estimate of drug-likeness (QED) is 0.482. The van der Waals surface area contributed by atoms with Crippen LogP contribution in [-0.2, 0) is 19.1 Å². The van der Waals surface area contributed by atoms with E-state index in [-0.39, 0.29) is 23.0 Å². The maximum Gasteiger partial charge on any atom is 0.437 e. The van der Waals surface area contributed by atoms with Crippen LogP contribution in [-0.4, -0.2) is 29.9 Å². The molecule has 3 heterocycles. The van der Waals surface area contributed by atoms with Gasteiger partial charge < -0.3 is 4.57 Å². The van der Waals surface area contributed by atoms with Gasteiger partial charge in [-0.3, -0.25) is 4.98 Å². The minimum absolute atomic E-state index is 0.226. The van der Waals surface area contributed by atoms with Crippen molar-refractivity contribution < 1.29 is 17.6 Å². The van der Waals surface area contributed by atoms with Gasteiger partial charge in [-0.15, -0.1) is 0 Å². The minimum atomic E-state index is -4.62. The molecule has 6 nitrogen and oxygen atoms in total. The maximum absolute atomic E-state index is 13.4. The van der Waals surface area contributed by atoms with E-state index in [4.69, 9.17) is 0 Å². The predicted molar refractivity (Wildman–Crippen MR) is 103 cm³/mol. The summed E-state index contributed by atoms with van der Waals surface area (Å²) in [7, 11) is 0. The number of alkyl halides is 3. The number of fused-ring (bicyclic) bond motifs is 1. The first-order valence-electron chi connectivity index (χ1n) is 9.63. The first-order valence-corrected chi connectivity index (χ1v) is 9.63. The summed E-state index contributed by atoms with van der Waals surface area (Å²) in [5, 5.41) is 8.91. The van der Waals surface area contributed by atoms with E-state index < -0.39 is 11.9 Å². The van der Waals surface area contributed by atoms with E-state index in [0.717, 1.165) is 24.0 Å². The van der Waals surface area contributed by atoms with Crippen LogP contribution < -0.4 is 0 Å². The van der Waals surface area contributed by atoms with Crippen molar-refractivity contribution in [3.05, 3.63) is 71.7 Å². The lowest BCUT2D eigenvalue weighted by Gasteiger charge is -2.12. The zero-order chi connectivity index (χ0) is 21.6. The van der Waals surface area contributed by atoms with Crippen molar-refractivity contribution in [2.24, 2.45) is 0 Å². The predicted octanol–water partition coefficient (Wildman–Crippen LogP) is 4.62. The van der Waals surface area contributed by atoms with Gasteiger partial charge in [0, 0.05) is 30.4 Å². The van der Waals surface area contributed by atoms with E-state index in [0.29, 0.717) is 17.9 Å². The molecule has 0 fully saturated rings. The van der Waals surface area contributed by atoms with E-state index in [1.807, 2.05) is 15.8 Å². The molecule has 3 aromatic heterocycles. The van der Waals surface area contributed by atoms with E-state index in [1.54, 1.807) is 18.6 Å². The van der Waals surface area contributed by atoms with Crippen LogP contribution >= 0.6 is 0 Å². The van der Waals surface area contributed by atoms with Crippen LogP contribution in [0.4, 0.5) is 17.6 Å². The number of rotatable bonds is 4. The number of aromatic nitrogens is 6. The zero-order valence-electron chi connectivity index (χ0n) is 16.1. The number of hydrogen-bond donors (Lipinski definition) is 1. The summed E-state index contributed by atoms with van der Waals surface area (Å²) in [5.74, 6) is 0.0254. The first kappa shape index (κ1) is 19.4. The van der Waals surface area contributed by atoms with Crippen molar-refractivity contribution in [2.45, 2.75) is 31.5 Å². The highest BCUT2D eigenvalue weighted by molar-refractivity contribution is 5.67. The van der Waals surface area contributed by atoms with Gasteiger partial charge in [0.2, 0.25) is 0 Å². The first-order chi connectivity index (χ1) is 14.9. The molecule has 0 radical (unpaired) electrons. The summed E-state index contributed by atoms with van der Waals surface area (Å²) in [6.07, 6.45) is 2.03. The summed E-state index contributed by atoms with van der Waals surface area (Å²) in [6, 6.07) is 7.85. The summed E-state index contributed by atoms with van der Waals surface area (Å²) in [6.45, 7) is 0.673. The Balaban J connectivity index is 1.39. The van der Waals surface area contributed by atoms with Crippen LogP contribution in [0.3, 0.4) is 0 Å². The van der Waals surface area contributed by atoms with Crippen molar-refractivity contribution in [2.75, 3.05) is 0 Å². The number of aryl methyl sites for hydroxylation is 1. The smallest absolute Gasteiger partial charge is 0.336 e. The molecule has 0 spiro atoms. The fraction of sp³-hybridized carbons (Fsp3) is 0.238. The average molecular weight is 428 g/mol.